The van der Waals surface area contributed by atoms with Crippen molar-refractivity contribution in [1.82, 2.24) is 9.80 Å². The molecule has 3 fully saturated rings. The van der Waals surface area contributed by atoms with Crippen LogP contribution in [0, 0.1) is 11.3 Å². The number of amides is 1. The predicted molar refractivity (Wildman–Crippen MR) is 75.5 cm³/mol. The standard InChI is InChI=1S/C15H23N3O3/c16-8-13-9-17(5-6-18(13)12-3-4-12)15(19)11-20-10-14-2-1-7-21-14/h12-14H,1-7,9-11H2. The molecule has 0 aromatic rings. The number of nitriles is 1. The molecule has 6 nitrogen and oxygen atoms in total. The Morgan fingerprint density at radius 2 is 2.19 bits per heavy atom. The number of rotatable bonds is 5. The zero-order chi connectivity index (χ0) is 14.7. The first-order valence-corrected chi connectivity index (χ1v) is 7.90. The van der Waals surface area contributed by atoms with Crippen LogP contribution in [0.15, 0.2) is 0 Å². The van der Waals surface area contributed by atoms with Crippen molar-refractivity contribution in [1.29, 1.82) is 5.26 Å². The molecule has 2 heterocycles. The molecule has 0 aromatic heterocycles. The Morgan fingerprint density at radius 1 is 1.33 bits per heavy atom. The lowest BCUT2D eigenvalue weighted by atomic mass is 10.2. The predicted octanol–water partition coefficient (Wildman–Crippen LogP) is 0.381. The topological polar surface area (TPSA) is 65.8 Å². The van der Waals surface area contributed by atoms with Gasteiger partial charge in [-0.15, -0.1) is 0 Å². The van der Waals surface area contributed by atoms with E-state index in [1.54, 1.807) is 4.90 Å². The molecule has 2 aliphatic heterocycles. The number of carbonyl (C=O) groups excluding carboxylic acids is 1. The van der Waals surface area contributed by atoms with Gasteiger partial charge in [0.05, 0.1) is 18.8 Å². The second-order valence-electron chi connectivity index (χ2n) is 6.10. The summed E-state index contributed by atoms with van der Waals surface area (Å²) in [5.41, 5.74) is 0. The third-order valence-electron chi connectivity index (χ3n) is 4.49. The van der Waals surface area contributed by atoms with Crippen LogP contribution in [0.2, 0.25) is 0 Å². The Kier molecular flexibility index (Phi) is 4.73. The van der Waals surface area contributed by atoms with Crippen LogP contribution in [0.25, 0.3) is 0 Å². The molecule has 116 valence electrons. The average molecular weight is 293 g/mol. The molecule has 3 aliphatic rings. The Bertz CT molecular complexity index is 413. The van der Waals surface area contributed by atoms with Crippen molar-refractivity contribution in [3.63, 3.8) is 0 Å². The smallest absolute Gasteiger partial charge is 0.248 e. The number of ether oxygens (including phenoxy) is 2. The van der Waals surface area contributed by atoms with Crippen LogP contribution in [0.4, 0.5) is 0 Å². The van der Waals surface area contributed by atoms with Crippen molar-refractivity contribution in [2.24, 2.45) is 0 Å². The maximum Gasteiger partial charge on any atom is 0.248 e. The van der Waals surface area contributed by atoms with E-state index in [2.05, 4.69) is 11.0 Å². The van der Waals surface area contributed by atoms with Crippen LogP contribution in [-0.4, -0.2) is 73.3 Å². The molecule has 0 spiro atoms. The van der Waals surface area contributed by atoms with Crippen LogP contribution in [0.3, 0.4) is 0 Å². The minimum Gasteiger partial charge on any atom is -0.376 e. The number of nitrogens with zero attached hydrogens (tertiary/aromatic N) is 3. The SMILES string of the molecule is N#CC1CN(C(=O)COCC2CCCO2)CCN1C1CC1. The van der Waals surface area contributed by atoms with E-state index in [1.165, 1.54) is 12.8 Å². The first-order valence-electron chi connectivity index (χ1n) is 7.90. The second kappa shape index (κ2) is 6.73. The fourth-order valence-corrected chi connectivity index (χ4v) is 3.13. The lowest BCUT2D eigenvalue weighted by Crippen LogP contribution is -2.55. The number of carbonyl (C=O) groups is 1. The fourth-order valence-electron chi connectivity index (χ4n) is 3.13. The minimum absolute atomic E-state index is 0.0105. The highest BCUT2D eigenvalue weighted by molar-refractivity contribution is 5.77. The number of hydrogen-bond donors (Lipinski definition) is 0. The zero-order valence-corrected chi connectivity index (χ0v) is 12.4. The van der Waals surface area contributed by atoms with Crippen LogP contribution in [0.1, 0.15) is 25.7 Å². The Morgan fingerprint density at radius 3 is 2.86 bits per heavy atom. The molecule has 1 saturated carbocycles. The van der Waals surface area contributed by atoms with E-state index < -0.39 is 0 Å². The maximum absolute atomic E-state index is 12.2. The molecule has 6 heteroatoms. The first-order chi connectivity index (χ1) is 10.3. The van der Waals surface area contributed by atoms with Gasteiger partial charge in [-0.2, -0.15) is 5.26 Å². The summed E-state index contributed by atoms with van der Waals surface area (Å²) in [7, 11) is 0. The molecule has 0 aromatic carbocycles. The largest absolute Gasteiger partial charge is 0.376 e. The third-order valence-corrected chi connectivity index (χ3v) is 4.49. The highest BCUT2D eigenvalue weighted by atomic mass is 16.5. The summed E-state index contributed by atoms with van der Waals surface area (Å²) < 4.78 is 10.9. The Balaban J connectivity index is 1.41. The molecule has 21 heavy (non-hydrogen) atoms. The summed E-state index contributed by atoms with van der Waals surface area (Å²) in [6, 6.07) is 2.75. The van der Waals surface area contributed by atoms with Crippen LogP contribution < -0.4 is 0 Å². The molecule has 2 saturated heterocycles. The van der Waals surface area contributed by atoms with Gasteiger partial charge in [0.15, 0.2) is 0 Å². The number of hydrogen-bond acceptors (Lipinski definition) is 5. The molecular formula is C15H23N3O3. The molecule has 2 atom stereocenters. The summed E-state index contributed by atoms with van der Waals surface area (Å²) in [5, 5.41) is 9.28. The Labute approximate surface area is 125 Å². The van der Waals surface area contributed by atoms with E-state index in [9.17, 15) is 10.1 Å². The van der Waals surface area contributed by atoms with E-state index >= 15 is 0 Å². The molecule has 1 amide bonds. The van der Waals surface area contributed by atoms with Gasteiger partial charge in [0.1, 0.15) is 12.6 Å². The zero-order valence-electron chi connectivity index (χ0n) is 12.4. The van der Waals surface area contributed by atoms with E-state index in [1.807, 2.05) is 0 Å². The van der Waals surface area contributed by atoms with Gasteiger partial charge in [0.25, 0.3) is 0 Å². The quantitative estimate of drug-likeness (QED) is 0.733. The van der Waals surface area contributed by atoms with Gasteiger partial charge in [-0.05, 0) is 25.7 Å². The second-order valence-corrected chi connectivity index (χ2v) is 6.10. The van der Waals surface area contributed by atoms with E-state index in [-0.39, 0.29) is 24.7 Å². The van der Waals surface area contributed by atoms with Gasteiger partial charge >= 0.3 is 0 Å². The van der Waals surface area contributed by atoms with Crippen molar-refractivity contribution >= 4 is 5.91 Å². The van der Waals surface area contributed by atoms with Gasteiger partial charge in [-0.25, -0.2) is 0 Å². The van der Waals surface area contributed by atoms with Gasteiger partial charge < -0.3 is 14.4 Å². The van der Waals surface area contributed by atoms with Crippen molar-refractivity contribution in [3.05, 3.63) is 0 Å². The van der Waals surface area contributed by atoms with Crippen molar-refractivity contribution < 1.29 is 14.3 Å². The van der Waals surface area contributed by atoms with Crippen LogP contribution >= 0.6 is 0 Å². The molecule has 0 N–H and O–H groups in total. The van der Waals surface area contributed by atoms with Gasteiger partial charge in [-0.3, -0.25) is 9.69 Å². The van der Waals surface area contributed by atoms with E-state index in [0.29, 0.717) is 25.7 Å². The third kappa shape index (κ3) is 3.73. The van der Waals surface area contributed by atoms with Crippen molar-refractivity contribution in [2.75, 3.05) is 39.5 Å². The summed E-state index contributed by atoms with van der Waals surface area (Å²) in [5.74, 6) is -0.0105. The van der Waals surface area contributed by atoms with Crippen LogP contribution in [0.5, 0.6) is 0 Å². The maximum atomic E-state index is 12.2. The summed E-state index contributed by atoms with van der Waals surface area (Å²) in [4.78, 5) is 16.2. The monoisotopic (exact) mass is 293 g/mol. The lowest BCUT2D eigenvalue weighted by molar-refractivity contribution is -0.139. The summed E-state index contributed by atoms with van der Waals surface area (Å²) >= 11 is 0. The average Bonchev–Trinajstić information content (AvgIpc) is 3.23. The number of piperazine rings is 1. The molecule has 0 bridgehead atoms. The summed E-state index contributed by atoms with van der Waals surface area (Å²) in [6.07, 6.45) is 4.63. The fraction of sp³-hybridized carbons (Fsp3) is 0.867. The normalized spacial score (nSPS) is 30.3. The summed E-state index contributed by atoms with van der Waals surface area (Å²) in [6.45, 7) is 3.41. The van der Waals surface area contributed by atoms with Gasteiger partial charge in [0, 0.05) is 32.3 Å². The van der Waals surface area contributed by atoms with Crippen molar-refractivity contribution in [2.45, 2.75) is 43.9 Å². The minimum atomic E-state index is -0.159. The lowest BCUT2D eigenvalue weighted by Gasteiger charge is -2.38. The molecule has 0 radical (unpaired) electrons. The molecule has 2 unspecified atom stereocenters. The first kappa shape index (κ1) is 14.8. The van der Waals surface area contributed by atoms with E-state index in [0.717, 1.165) is 26.0 Å². The highest BCUT2D eigenvalue weighted by Crippen LogP contribution is 2.30. The highest BCUT2D eigenvalue weighted by Gasteiger charge is 2.38. The molecule has 3 rings (SSSR count). The van der Waals surface area contributed by atoms with Gasteiger partial charge in [-0.1, -0.05) is 0 Å². The Hall–Kier alpha value is -1.16. The van der Waals surface area contributed by atoms with Crippen LogP contribution in [-0.2, 0) is 14.3 Å². The van der Waals surface area contributed by atoms with E-state index in [4.69, 9.17) is 9.47 Å². The molecule has 1 aliphatic carbocycles. The van der Waals surface area contributed by atoms with Crippen molar-refractivity contribution in [3.8, 4) is 6.07 Å². The molecular weight excluding hydrogens is 270 g/mol. The van der Waals surface area contributed by atoms with Gasteiger partial charge in [0.2, 0.25) is 5.91 Å².